The molecule has 1 atom stereocenters. The lowest BCUT2D eigenvalue weighted by Crippen LogP contribution is -2.46. The lowest BCUT2D eigenvalue weighted by molar-refractivity contribution is -0.384. The fourth-order valence-electron chi connectivity index (χ4n) is 4.77. The van der Waals surface area contributed by atoms with Gasteiger partial charge in [0.15, 0.2) is 0 Å². The number of carbonyl (C=O) groups is 2. The lowest BCUT2D eigenvalue weighted by atomic mass is 9.90. The van der Waals surface area contributed by atoms with Gasteiger partial charge in [-0.2, -0.15) is 0 Å². The van der Waals surface area contributed by atoms with Gasteiger partial charge in [0.1, 0.15) is 12.3 Å². The van der Waals surface area contributed by atoms with Gasteiger partial charge < -0.3 is 14.2 Å². The van der Waals surface area contributed by atoms with Crippen LogP contribution in [0.25, 0.3) is 0 Å². The largest absolute Gasteiger partial charge is 0.467 e. The van der Waals surface area contributed by atoms with Crippen LogP contribution in [0, 0.1) is 17.0 Å². The highest BCUT2D eigenvalue weighted by molar-refractivity contribution is 7.10. The second-order valence-corrected chi connectivity index (χ2v) is 9.94. The van der Waals surface area contributed by atoms with E-state index in [9.17, 15) is 19.7 Å². The van der Waals surface area contributed by atoms with Crippen LogP contribution in [0.1, 0.15) is 43.7 Å². The number of furan rings is 1. The molecule has 2 aromatic carbocycles. The quantitative estimate of drug-likeness (QED) is 0.243. The molecule has 3 heterocycles. The van der Waals surface area contributed by atoms with E-state index in [2.05, 4.69) is 17.5 Å². The highest BCUT2D eigenvalue weighted by Gasteiger charge is 2.35. The van der Waals surface area contributed by atoms with Crippen molar-refractivity contribution in [3.05, 3.63) is 121 Å². The molecule has 2 amide bonds. The molecule has 0 saturated heterocycles. The van der Waals surface area contributed by atoms with Gasteiger partial charge in [-0.1, -0.05) is 24.3 Å². The van der Waals surface area contributed by atoms with Crippen molar-refractivity contribution in [1.82, 2.24) is 9.80 Å². The minimum Gasteiger partial charge on any atom is -0.467 e. The Labute approximate surface area is 217 Å². The maximum atomic E-state index is 13.9. The van der Waals surface area contributed by atoms with E-state index in [4.69, 9.17) is 4.42 Å². The lowest BCUT2D eigenvalue weighted by Gasteiger charge is -2.38. The van der Waals surface area contributed by atoms with Crippen molar-refractivity contribution < 1.29 is 18.9 Å². The van der Waals surface area contributed by atoms with Crippen LogP contribution in [0.5, 0.6) is 0 Å². The van der Waals surface area contributed by atoms with Crippen molar-refractivity contribution in [2.24, 2.45) is 0 Å². The SMILES string of the molecule is Cc1ccccc1C1c2ccsc2CCN1C(=O)CN(Cc1ccco1)C(=O)c1ccc([N+](=O)[O-])cc1. The Morgan fingerprint density at radius 3 is 2.57 bits per heavy atom. The number of hydrogen-bond donors (Lipinski definition) is 0. The fourth-order valence-corrected chi connectivity index (χ4v) is 5.67. The summed E-state index contributed by atoms with van der Waals surface area (Å²) < 4.78 is 5.46. The Kier molecular flexibility index (Phi) is 6.87. The summed E-state index contributed by atoms with van der Waals surface area (Å²) in [4.78, 5) is 42.4. The average molecular weight is 516 g/mol. The van der Waals surface area contributed by atoms with Crippen molar-refractivity contribution in [2.45, 2.75) is 25.9 Å². The minimum atomic E-state index is -0.515. The summed E-state index contributed by atoms with van der Waals surface area (Å²) in [6.45, 7) is 2.53. The predicted octanol–water partition coefficient (Wildman–Crippen LogP) is 5.37. The summed E-state index contributed by atoms with van der Waals surface area (Å²) in [7, 11) is 0. The van der Waals surface area contributed by atoms with E-state index >= 15 is 0 Å². The molecular formula is C28H25N3O5S. The van der Waals surface area contributed by atoms with Crippen LogP contribution in [0.4, 0.5) is 5.69 Å². The molecular weight excluding hydrogens is 490 g/mol. The average Bonchev–Trinajstić information content (AvgIpc) is 3.60. The number of carbonyl (C=O) groups excluding carboxylic acids is 2. The molecule has 188 valence electrons. The Morgan fingerprint density at radius 1 is 1.08 bits per heavy atom. The van der Waals surface area contributed by atoms with E-state index in [0.29, 0.717) is 12.3 Å². The summed E-state index contributed by atoms with van der Waals surface area (Å²) in [5.74, 6) is -0.0375. The molecule has 9 heteroatoms. The summed E-state index contributed by atoms with van der Waals surface area (Å²) >= 11 is 1.70. The van der Waals surface area contributed by atoms with Crippen molar-refractivity contribution in [3.8, 4) is 0 Å². The van der Waals surface area contributed by atoms with Crippen molar-refractivity contribution >= 4 is 28.8 Å². The first-order valence-corrected chi connectivity index (χ1v) is 12.8. The number of non-ortho nitro benzene ring substituents is 1. The van der Waals surface area contributed by atoms with Crippen molar-refractivity contribution in [2.75, 3.05) is 13.1 Å². The minimum absolute atomic E-state index is 0.0983. The van der Waals surface area contributed by atoms with Gasteiger partial charge in [0.2, 0.25) is 5.91 Å². The highest BCUT2D eigenvalue weighted by Crippen LogP contribution is 2.39. The second-order valence-electron chi connectivity index (χ2n) is 8.94. The highest BCUT2D eigenvalue weighted by atomic mass is 32.1. The third-order valence-corrected chi connectivity index (χ3v) is 7.63. The van der Waals surface area contributed by atoms with E-state index in [-0.39, 0.29) is 36.3 Å². The van der Waals surface area contributed by atoms with Gasteiger partial charge in [0.05, 0.1) is 23.8 Å². The van der Waals surface area contributed by atoms with E-state index in [1.54, 1.807) is 23.5 Å². The molecule has 1 aliphatic heterocycles. The number of nitro benzene ring substituents is 1. The molecule has 37 heavy (non-hydrogen) atoms. The standard InChI is InChI=1S/C28H25N3O5S/c1-19-5-2-3-7-23(19)27-24-13-16-37-25(24)12-14-30(27)26(32)18-29(17-22-6-4-15-36-22)28(33)20-8-10-21(11-9-20)31(34)35/h2-11,13,15-16,27H,12,14,17-18H2,1H3. The Bertz CT molecular complexity index is 1430. The molecule has 0 spiro atoms. The zero-order chi connectivity index (χ0) is 25.9. The molecule has 0 radical (unpaired) electrons. The van der Waals surface area contributed by atoms with E-state index < -0.39 is 10.8 Å². The number of benzene rings is 2. The molecule has 0 bridgehead atoms. The monoisotopic (exact) mass is 515 g/mol. The molecule has 0 saturated carbocycles. The van der Waals surface area contributed by atoms with Crippen molar-refractivity contribution in [1.29, 1.82) is 0 Å². The summed E-state index contributed by atoms with van der Waals surface area (Å²) in [5.41, 5.74) is 3.44. The Balaban J connectivity index is 1.45. The fraction of sp³-hybridized carbons (Fsp3) is 0.214. The zero-order valence-corrected chi connectivity index (χ0v) is 21.0. The maximum Gasteiger partial charge on any atom is 0.269 e. The molecule has 8 nitrogen and oxygen atoms in total. The maximum absolute atomic E-state index is 13.9. The zero-order valence-electron chi connectivity index (χ0n) is 20.2. The smallest absolute Gasteiger partial charge is 0.269 e. The van der Waals surface area contributed by atoms with Gasteiger partial charge in [-0.3, -0.25) is 19.7 Å². The van der Waals surface area contributed by atoms with Crippen molar-refractivity contribution in [3.63, 3.8) is 0 Å². The number of thiophene rings is 1. The van der Waals surface area contributed by atoms with E-state index in [1.807, 2.05) is 30.0 Å². The molecule has 0 aliphatic carbocycles. The molecule has 4 aromatic rings. The second kappa shape index (κ2) is 10.4. The third-order valence-electron chi connectivity index (χ3n) is 6.63. The first-order valence-electron chi connectivity index (χ1n) is 11.9. The number of nitrogens with zero attached hydrogens (tertiary/aromatic N) is 3. The number of fused-ring (bicyclic) bond motifs is 1. The van der Waals surface area contributed by atoms with Gasteiger partial charge >= 0.3 is 0 Å². The molecule has 2 aromatic heterocycles. The van der Waals surface area contributed by atoms with Crippen LogP contribution in [0.3, 0.4) is 0 Å². The van der Waals surface area contributed by atoms with E-state index in [1.165, 1.54) is 40.3 Å². The number of rotatable bonds is 7. The molecule has 5 rings (SSSR count). The molecule has 0 N–H and O–H groups in total. The summed E-state index contributed by atoms with van der Waals surface area (Å²) in [5, 5.41) is 13.1. The van der Waals surface area contributed by atoms with Gasteiger partial charge in [0, 0.05) is 29.1 Å². The summed E-state index contributed by atoms with van der Waals surface area (Å²) in [6.07, 6.45) is 2.28. The van der Waals surface area contributed by atoms with Gasteiger partial charge in [0.25, 0.3) is 11.6 Å². The number of nitro groups is 1. The van der Waals surface area contributed by atoms with Gasteiger partial charge in [-0.25, -0.2) is 0 Å². The number of amides is 2. The van der Waals surface area contributed by atoms with Crippen LogP contribution in [0.2, 0.25) is 0 Å². The first-order chi connectivity index (χ1) is 17.9. The first kappa shape index (κ1) is 24.5. The topological polar surface area (TPSA) is 96.9 Å². The van der Waals surface area contributed by atoms with Crippen LogP contribution in [-0.4, -0.2) is 39.6 Å². The van der Waals surface area contributed by atoms with Gasteiger partial charge in [-0.15, -0.1) is 11.3 Å². The van der Waals surface area contributed by atoms with Crippen LogP contribution in [-0.2, 0) is 17.8 Å². The number of hydrogen-bond acceptors (Lipinski definition) is 6. The van der Waals surface area contributed by atoms with Crippen LogP contribution < -0.4 is 0 Å². The summed E-state index contributed by atoms with van der Waals surface area (Å²) in [6, 6.07) is 18.8. The van der Waals surface area contributed by atoms with E-state index in [0.717, 1.165) is 23.1 Å². The van der Waals surface area contributed by atoms with Crippen LogP contribution >= 0.6 is 11.3 Å². The molecule has 0 fully saturated rings. The number of aryl methyl sites for hydroxylation is 1. The Hall–Kier alpha value is -4.24. The Morgan fingerprint density at radius 2 is 1.86 bits per heavy atom. The molecule has 1 aliphatic rings. The van der Waals surface area contributed by atoms with Crippen LogP contribution in [0.15, 0.2) is 82.8 Å². The normalized spacial score (nSPS) is 14.7. The van der Waals surface area contributed by atoms with Gasteiger partial charge in [-0.05, 0) is 65.7 Å². The third kappa shape index (κ3) is 5.03. The predicted molar refractivity (Wildman–Crippen MR) is 139 cm³/mol. The molecule has 1 unspecified atom stereocenters.